The summed E-state index contributed by atoms with van der Waals surface area (Å²) >= 11 is 0. The van der Waals surface area contributed by atoms with Crippen molar-refractivity contribution in [3.8, 4) is 0 Å². The van der Waals surface area contributed by atoms with E-state index in [2.05, 4.69) is 4.90 Å². The monoisotopic (exact) mass is 476 g/mol. The molecule has 2 aromatic rings. The van der Waals surface area contributed by atoms with Gasteiger partial charge in [-0.3, -0.25) is 15.0 Å². The standard InChI is InChI=1S/C23H29FN4O4S/c24-21-8-4-3-7-19(21)18-25-13-15-26(16-14-25)22-10-9-20(17-23(22)28(29)30)33(31,32)27-11-5-1-2-6-12-27/h3-4,7-10,17H,1-2,5-6,11-16,18H2. The molecule has 0 unspecified atom stereocenters. The van der Waals surface area contributed by atoms with E-state index in [1.807, 2.05) is 4.90 Å². The zero-order chi connectivity index (χ0) is 23.4. The highest BCUT2D eigenvalue weighted by molar-refractivity contribution is 7.89. The summed E-state index contributed by atoms with van der Waals surface area (Å²) in [6.07, 6.45) is 3.59. The van der Waals surface area contributed by atoms with E-state index >= 15 is 0 Å². The zero-order valence-corrected chi connectivity index (χ0v) is 19.3. The molecular weight excluding hydrogens is 447 g/mol. The lowest BCUT2D eigenvalue weighted by Gasteiger charge is -2.36. The number of rotatable bonds is 6. The average molecular weight is 477 g/mol. The number of nitro groups is 1. The molecule has 0 atom stereocenters. The SMILES string of the molecule is O=[N+]([O-])c1cc(S(=O)(=O)N2CCCCCC2)ccc1N1CCN(Cc2ccccc2F)CC1. The number of hydrogen-bond acceptors (Lipinski definition) is 6. The van der Waals surface area contributed by atoms with Crippen molar-refractivity contribution in [2.45, 2.75) is 37.1 Å². The Morgan fingerprint density at radius 3 is 2.21 bits per heavy atom. The number of anilines is 1. The second-order valence-electron chi connectivity index (χ2n) is 8.58. The predicted molar refractivity (Wildman–Crippen MR) is 124 cm³/mol. The molecule has 2 fully saturated rings. The van der Waals surface area contributed by atoms with Gasteiger partial charge in [0.15, 0.2) is 0 Å². The van der Waals surface area contributed by atoms with Gasteiger partial charge < -0.3 is 4.90 Å². The Hall–Kier alpha value is -2.56. The molecular formula is C23H29FN4O4S. The second-order valence-corrected chi connectivity index (χ2v) is 10.5. The molecule has 2 aromatic carbocycles. The van der Waals surface area contributed by atoms with Crippen LogP contribution in [-0.2, 0) is 16.6 Å². The molecule has 0 aliphatic carbocycles. The first-order chi connectivity index (χ1) is 15.9. The minimum atomic E-state index is -3.77. The van der Waals surface area contributed by atoms with E-state index in [4.69, 9.17) is 0 Å². The van der Waals surface area contributed by atoms with Gasteiger partial charge in [-0.15, -0.1) is 0 Å². The Bertz CT molecular complexity index is 1100. The highest BCUT2D eigenvalue weighted by atomic mass is 32.2. The molecule has 10 heteroatoms. The molecule has 0 amide bonds. The number of piperazine rings is 1. The Morgan fingerprint density at radius 1 is 0.909 bits per heavy atom. The Morgan fingerprint density at radius 2 is 1.58 bits per heavy atom. The van der Waals surface area contributed by atoms with Crippen molar-refractivity contribution in [2.24, 2.45) is 0 Å². The number of sulfonamides is 1. The third kappa shape index (κ3) is 5.34. The fourth-order valence-corrected chi connectivity index (χ4v) is 6.06. The van der Waals surface area contributed by atoms with Crippen LogP contribution in [0, 0.1) is 15.9 Å². The van der Waals surface area contributed by atoms with Crippen molar-refractivity contribution in [2.75, 3.05) is 44.2 Å². The van der Waals surface area contributed by atoms with Crippen molar-refractivity contribution < 1.29 is 17.7 Å². The fraction of sp³-hybridized carbons (Fsp3) is 0.478. The van der Waals surface area contributed by atoms with Crippen molar-refractivity contribution in [1.29, 1.82) is 0 Å². The smallest absolute Gasteiger partial charge is 0.293 e. The summed E-state index contributed by atoms with van der Waals surface area (Å²) < 4.78 is 41.6. The van der Waals surface area contributed by atoms with Gasteiger partial charge >= 0.3 is 0 Å². The van der Waals surface area contributed by atoms with Crippen LogP contribution in [0.3, 0.4) is 0 Å². The first-order valence-corrected chi connectivity index (χ1v) is 12.8. The number of hydrogen-bond donors (Lipinski definition) is 0. The lowest BCUT2D eigenvalue weighted by Crippen LogP contribution is -2.46. The van der Waals surface area contributed by atoms with Crippen molar-refractivity contribution in [3.63, 3.8) is 0 Å². The third-order valence-corrected chi connectivity index (χ3v) is 8.31. The highest BCUT2D eigenvalue weighted by Crippen LogP contribution is 2.33. The van der Waals surface area contributed by atoms with Gasteiger partial charge in [-0.25, -0.2) is 12.8 Å². The van der Waals surface area contributed by atoms with Crippen LogP contribution in [0.1, 0.15) is 31.2 Å². The van der Waals surface area contributed by atoms with Gasteiger partial charge in [0.2, 0.25) is 10.0 Å². The molecule has 0 aromatic heterocycles. The average Bonchev–Trinajstić information content (AvgIpc) is 3.11. The van der Waals surface area contributed by atoms with Crippen LogP contribution in [0.2, 0.25) is 0 Å². The Balaban J connectivity index is 1.49. The Kier molecular flexibility index (Phi) is 7.26. The zero-order valence-electron chi connectivity index (χ0n) is 18.5. The van der Waals surface area contributed by atoms with E-state index in [0.717, 1.165) is 25.7 Å². The van der Waals surface area contributed by atoms with Crippen molar-refractivity contribution >= 4 is 21.4 Å². The van der Waals surface area contributed by atoms with Crippen LogP contribution in [-0.4, -0.2) is 61.8 Å². The van der Waals surface area contributed by atoms with Crippen LogP contribution in [0.4, 0.5) is 15.8 Å². The van der Waals surface area contributed by atoms with Gasteiger partial charge in [0.1, 0.15) is 11.5 Å². The summed E-state index contributed by atoms with van der Waals surface area (Å²) in [7, 11) is -3.77. The lowest BCUT2D eigenvalue weighted by atomic mass is 10.1. The third-order valence-electron chi connectivity index (χ3n) is 6.41. The lowest BCUT2D eigenvalue weighted by molar-refractivity contribution is -0.384. The van der Waals surface area contributed by atoms with E-state index in [0.29, 0.717) is 57.1 Å². The normalized spacial score (nSPS) is 18.8. The number of nitro benzene ring substituents is 1. The van der Waals surface area contributed by atoms with Crippen molar-refractivity contribution in [3.05, 3.63) is 64.0 Å². The van der Waals surface area contributed by atoms with E-state index in [9.17, 15) is 22.9 Å². The molecule has 0 N–H and O–H groups in total. The Labute approximate surface area is 193 Å². The summed E-state index contributed by atoms with van der Waals surface area (Å²) in [4.78, 5) is 15.3. The van der Waals surface area contributed by atoms with Crippen LogP contribution in [0.15, 0.2) is 47.4 Å². The molecule has 0 spiro atoms. The topological polar surface area (TPSA) is 87.0 Å². The summed E-state index contributed by atoms with van der Waals surface area (Å²) in [5.41, 5.74) is 0.841. The molecule has 4 rings (SSSR count). The molecule has 2 aliphatic rings. The minimum absolute atomic E-state index is 0.0296. The summed E-state index contributed by atoms with van der Waals surface area (Å²) in [5.74, 6) is -0.239. The maximum atomic E-state index is 14.0. The maximum Gasteiger partial charge on any atom is 0.293 e. The quantitative estimate of drug-likeness (QED) is 0.468. The molecule has 2 saturated heterocycles. The van der Waals surface area contributed by atoms with Crippen LogP contribution < -0.4 is 4.90 Å². The molecule has 0 radical (unpaired) electrons. The largest absolute Gasteiger partial charge is 0.363 e. The maximum absolute atomic E-state index is 14.0. The second kappa shape index (κ2) is 10.1. The van der Waals surface area contributed by atoms with Gasteiger partial charge in [0.25, 0.3) is 5.69 Å². The van der Waals surface area contributed by atoms with E-state index < -0.39 is 14.9 Å². The summed E-state index contributed by atoms with van der Waals surface area (Å²) in [5, 5.41) is 11.8. The van der Waals surface area contributed by atoms with Gasteiger partial charge in [0.05, 0.1) is 9.82 Å². The molecule has 33 heavy (non-hydrogen) atoms. The van der Waals surface area contributed by atoms with E-state index in [-0.39, 0.29) is 16.4 Å². The first-order valence-electron chi connectivity index (χ1n) is 11.4. The molecule has 8 nitrogen and oxygen atoms in total. The van der Waals surface area contributed by atoms with Gasteiger partial charge in [-0.1, -0.05) is 31.0 Å². The molecule has 178 valence electrons. The van der Waals surface area contributed by atoms with E-state index in [1.165, 1.54) is 22.5 Å². The van der Waals surface area contributed by atoms with Gasteiger partial charge in [-0.05, 0) is 31.0 Å². The fourth-order valence-electron chi connectivity index (χ4n) is 4.52. The number of halogens is 1. The molecule has 2 aliphatic heterocycles. The predicted octanol–water partition coefficient (Wildman–Crippen LogP) is 3.62. The highest BCUT2D eigenvalue weighted by Gasteiger charge is 2.30. The summed E-state index contributed by atoms with van der Waals surface area (Å²) in [6, 6.07) is 10.9. The van der Waals surface area contributed by atoms with Crippen LogP contribution in [0.5, 0.6) is 0 Å². The van der Waals surface area contributed by atoms with Gasteiger partial charge in [0, 0.05) is 57.4 Å². The van der Waals surface area contributed by atoms with Crippen LogP contribution in [0.25, 0.3) is 0 Å². The van der Waals surface area contributed by atoms with Crippen LogP contribution >= 0.6 is 0 Å². The van der Waals surface area contributed by atoms with Gasteiger partial charge in [-0.2, -0.15) is 4.31 Å². The first kappa shape index (κ1) is 23.6. The molecule has 0 saturated carbocycles. The van der Waals surface area contributed by atoms with E-state index in [1.54, 1.807) is 24.3 Å². The molecule has 2 heterocycles. The molecule has 0 bridgehead atoms. The number of benzene rings is 2. The minimum Gasteiger partial charge on any atom is -0.363 e. The summed E-state index contributed by atoms with van der Waals surface area (Å²) in [6.45, 7) is 3.69. The van der Waals surface area contributed by atoms with Crippen molar-refractivity contribution in [1.82, 2.24) is 9.21 Å². The number of nitrogens with zero attached hydrogens (tertiary/aromatic N) is 4.